The molecule has 0 saturated carbocycles. The number of aromatic nitrogens is 1. The smallest absolute Gasteiger partial charge is 0.0794 e. The van der Waals surface area contributed by atoms with Gasteiger partial charge in [0.05, 0.1) is 12.1 Å². The van der Waals surface area contributed by atoms with Crippen LogP contribution in [0.5, 0.6) is 0 Å². The van der Waals surface area contributed by atoms with Crippen LogP contribution < -0.4 is 5.73 Å². The third-order valence-electron chi connectivity index (χ3n) is 2.96. The predicted molar refractivity (Wildman–Crippen MR) is 59.2 cm³/mol. The number of nitrogens with two attached hydrogens (primary N) is 1. The second kappa shape index (κ2) is 4.87. The molecule has 0 aromatic carbocycles. The van der Waals surface area contributed by atoms with Crippen molar-refractivity contribution in [2.45, 2.75) is 20.3 Å². The molecular formula is C10H18N2OS. The third-order valence-corrected chi connectivity index (χ3v) is 3.74. The minimum Gasteiger partial charge on any atom is -0.396 e. The lowest BCUT2D eigenvalue weighted by Gasteiger charge is -2.34. The highest BCUT2D eigenvalue weighted by molar-refractivity contribution is 7.09. The molecule has 0 saturated heterocycles. The quantitative estimate of drug-likeness (QED) is 0.776. The molecule has 0 spiro atoms. The van der Waals surface area contributed by atoms with Gasteiger partial charge in [-0.3, -0.25) is 4.98 Å². The Bertz CT molecular complexity index is 255. The number of aliphatic hydroxyl groups excluding tert-OH is 1. The lowest BCUT2D eigenvalue weighted by atomic mass is 9.75. The van der Waals surface area contributed by atoms with Gasteiger partial charge in [-0.1, -0.05) is 13.8 Å². The van der Waals surface area contributed by atoms with E-state index < -0.39 is 0 Å². The first-order valence-electron chi connectivity index (χ1n) is 4.83. The van der Waals surface area contributed by atoms with Crippen LogP contribution in [0.1, 0.15) is 18.7 Å². The van der Waals surface area contributed by atoms with E-state index in [2.05, 4.69) is 18.8 Å². The molecular weight excluding hydrogens is 196 g/mol. The van der Waals surface area contributed by atoms with Gasteiger partial charge in [0.1, 0.15) is 0 Å². The van der Waals surface area contributed by atoms with Crippen molar-refractivity contribution in [1.29, 1.82) is 0 Å². The number of hydrogen-bond acceptors (Lipinski definition) is 4. The molecule has 0 aliphatic carbocycles. The highest BCUT2D eigenvalue weighted by Crippen LogP contribution is 2.31. The zero-order valence-electron chi connectivity index (χ0n) is 8.73. The normalized spacial score (nSPS) is 15.8. The molecule has 4 heteroatoms. The number of hydrogen-bond donors (Lipinski definition) is 2. The summed E-state index contributed by atoms with van der Waals surface area (Å²) in [5.41, 5.74) is 7.39. The Labute approximate surface area is 89.0 Å². The van der Waals surface area contributed by atoms with E-state index in [0.29, 0.717) is 12.5 Å². The van der Waals surface area contributed by atoms with E-state index in [-0.39, 0.29) is 12.0 Å². The summed E-state index contributed by atoms with van der Waals surface area (Å²) in [5.74, 6) is 0.375. The standard InChI is InChI=1S/C10H18N2OS/c1-8(2)10(5-11,6-13)3-9-4-12-7-14-9/h4,7-8,13H,3,5-6,11H2,1-2H3. The summed E-state index contributed by atoms with van der Waals surface area (Å²) in [6, 6.07) is 0. The monoisotopic (exact) mass is 214 g/mol. The average molecular weight is 214 g/mol. The van der Waals surface area contributed by atoms with Crippen molar-refractivity contribution in [1.82, 2.24) is 4.98 Å². The molecule has 1 heterocycles. The highest BCUT2D eigenvalue weighted by Gasteiger charge is 2.32. The van der Waals surface area contributed by atoms with Crippen LogP contribution in [0.2, 0.25) is 0 Å². The SMILES string of the molecule is CC(C)C(CN)(CO)Cc1cncs1. The maximum Gasteiger partial charge on any atom is 0.0794 e. The molecule has 0 radical (unpaired) electrons. The summed E-state index contributed by atoms with van der Waals surface area (Å²) < 4.78 is 0. The molecule has 3 N–H and O–H groups in total. The Morgan fingerprint density at radius 3 is 2.71 bits per heavy atom. The van der Waals surface area contributed by atoms with Gasteiger partial charge in [0.2, 0.25) is 0 Å². The summed E-state index contributed by atoms with van der Waals surface area (Å²) in [6.07, 6.45) is 2.68. The molecule has 1 rings (SSSR count). The van der Waals surface area contributed by atoms with Gasteiger partial charge in [-0.2, -0.15) is 0 Å². The fourth-order valence-corrected chi connectivity index (χ4v) is 2.24. The van der Waals surface area contributed by atoms with Crippen LogP contribution in [-0.4, -0.2) is 23.2 Å². The average Bonchev–Trinajstić information content (AvgIpc) is 2.66. The number of thiazole rings is 1. The van der Waals surface area contributed by atoms with Gasteiger partial charge in [-0.15, -0.1) is 11.3 Å². The summed E-state index contributed by atoms with van der Waals surface area (Å²) in [5, 5.41) is 9.45. The summed E-state index contributed by atoms with van der Waals surface area (Å²) >= 11 is 1.62. The largest absolute Gasteiger partial charge is 0.396 e. The van der Waals surface area contributed by atoms with Crippen molar-refractivity contribution < 1.29 is 5.11 Å². The molecule has 3 nitrogen and oxygen atoms in total. The third kappa shape index (κ3) is 2.32. The van der Waals surface area contributed by atoms with Crippen molar-refractivity contribution >= 4 is 11.3 Å². The maximum atomic E-state index is 9.45. The van der Waals surface area contributed by atoms with Crippen LogP contribution in [0.15, 0.2) is 11.7 Å². The molecule has 0 aliphatic heterocycles. The Kier molecular flexibility index (Phi) is 4.04. The Morgan fingerprint density at radius 2 is 2.36 bits per heavy atom. The molecule has 1 aromatic rings. The fourth-order valence-electron chi connectivity index (χ4n) is 1.49. The zero-order valence-corrected chi connectivity index (χ0v) is 9.55. The van der Waals surface area contributed by atoms with Crippen LogP contribution in [0.4, 0.5) is 0 Å². The molecule has 80 valence electrons. The molecule has 0 bridgehead atoms. The van der Waals surface area contributed by atoms with E-state index in [4.69, 9.17) is 5.73 Å². The van der Waals surface area contributed by atoms with E-state index in [1.807, 2.05) is 11.7 Å². The fraction of sp³-hybridized carbons (Fsp3) is 0.700. The van der Waals surface area contributed by atoms with Gasteiger partial charge >= 0.3 is 0 Å². The van der Waals surface area contributed by atoms with E-state index in [1.165, 1.54) is 4.88 Å². The first-order valence-corrected chi connectivity index (χ1v) is 5.71. The lowest BCUT2D eigenvalue weighted by Crippen LogP contribution is -2.41. The van der Waals surface area contributed by atoms with Gasteiger partial charge in [0.25, 0.3) is 0 Å². The first kappa shape index (κ1) is 11.6. The van der Waals surface area contributed by atoms with Gasteiger partial charge < -0.3 is 10.8 Å². The summed E-state index contributed by atoms with van der Waals surface area (Å²) in [4.78, 5) is 5.22. The minimum absolute atomic E-state index is 0.138. The van der Waals surface area contributed by atoms with Crippen LogP contribution in [0.25, 0.3) is 0 Å². The molecule has 1 aromatic heterocycles. The van der Waals surface area contributed by atoms with E-state index in [0.717, 1.165) is 6.42 Å². The van der Waals surface area contributed by atoms with Gasteiger partial charge in [-0.25, -0.2) is 0 Å². The highest BCUT2D eigenvalue weighted by atomic mass is 32.1. The van der Waals surface area contributed by atoms with Gasteiger partial charge in [0.15, 0.2) is 0 Å². The van der Waals surface area contributed by atoms with E-state index >= 15 is 0 Å². The van der Waals surface area contributed by atoms with Crippen LogP contribution in [0.3, 0.4) is 0 Å². The van der Waals surface area contributed by atoms with Crippen LogP contribution in [-0.2, 0) is 6.42 Å². The van der Waals surface area contributed by atoms with Crippen molar-refractivity contribution in [3.63, 3.8) is 0 Å². The number of aliphatic hydroxyl groups is 1. The first-order chi connectivity index (χ1) is 6.64. The molecule has 0 aliphatic rings. The lowest BCUT2D eigenvalue weighted by molar-refractivity contribution is 0.0850. The topological polar surface area (TPSA) is 59.1 Å². The van der Waals surface area contributed by atoms with Crippen molar-refractivity contribution in [2.75, 3.05) is 13.2 Å². The Morgan fingerprint density at radius 1 is 1.64 bits per heavy atom. The second-order valence-electron chi connectivity index (χ2n) is 4.02. The maximum absolute atomic E-state index is 9.45. The van der Waals surface area contributed by atoms with E-state index in [1.54, 1.807) is 11.3 Å². The van der Waals surface area contributed by atoms with E-state index in [9.17, 15) is 5.11 Å². The van der Waals surface area contributed by atoms with Crippen LogP contribution in [0, 0.1) is 11.3 Å². The molecule has 0 fully saturated rings. The molecule has 1 unspecified atom stereocenters. The summed E-state index contributed by atoms with van der Waals surface area (Å²) in [6.45, 7) is 4.85. The number of nitrogens with zero attached hydrogens (tertiary/aromatic N) is 1. The number of rotatable bonds is 5. The van der Waals surface area contributed by atoms with Crippen molar-refractivity contribution in [3.05, 3.63) is 16.6 Å². The molecule has 1 atom stereocenters. The Hall–Kier alpha value is -0.450. The minimum atomic E-state index is -0.188. The zero-order chi connectivity index (χ0) is 10.6. The predicted octanol–water partition coefficient (Wildman–Crippen LogP) is 1.28. The van der Waals surface area contributed by atoms with Crippen LogP contribution >= 0.6 is 11.3 Å². The summed E-state index contributed by atoms with van der Waals surface area (Å²) in [7, 11) is 0. The Balaban J connectivity index is 2.78. The van der Waals surface area contributed by atoms with Crippen molar-refractivity contribution in [2.24, 2.45) is 17.1 Å². The van der Waals surface area contributed by atoms with Gasteiger partial charge in [0, 0.05) is 23.0 Å². The molecule has 14 heavy (non-hydrogen) atoms. The molecule has 0 amide bonds. The van der Waals surface area contributed by atoms with Crippen molar-refractivity contribution in [3.8, 4) is 0 Å². The second-order valence-corrected chi connectivity index (χ2v) is 4.99. The van der Waals surface area contributed by atoms with Gasteiger partial charge in [-0.05, 0) is 12.3 Å².